The summed E-state index contributed by atoms with van der Waals surface area (Å²) in [5.41, 5.74) is 3.38. The minimum absolute atomic E-state index is 0.0185. The molecule has 0 bridgehead atoms. The van der Waals surface area contributed by atoms with Gasteiger partial charge in [-0.1, -0.05) is 42.0 Å². The summed E-state index contributed by atoms with van der Waals surface area (Å²) >= 11 is 0. The molecule has 0 aliphatic carbocycles. The first-order valence-corrected chi connectivity index (χ1v) is 9.18. The molecule has 2 aromatic carbocycles. The number of amides is 2. The van der Waals surface area contributed by atoms with E-state index in [0.717, 1.165) is 23.3 Å². The van der Waals surface area contributed by atoms with Crippen molar-refractivity contribution < 1.29 is 14.3 Å². The van der Waals surface area contributed by atoms with Gasteiger partial charge in [0.15, 0.2) is 0 Å². The monoisotopic (exact) mass is 368 g/mol. The zero-order chi connectivity index (χ0) is 19.6. The van der Waals surface area contributed by atoms with Gasteiger partial charge < -0.3 is 15.0 Å². The average Bonchev–Trinajstić information content (AvgIpc) is 2.66. The molecule has 0 radical (unpaired) electrons. The number of hydrogen-bond donors (Lipinski definition) is 1. The highest BCUT2D eigenvalue weighted by Gasteiger charge is 2.11. The lowest BCUT2D eigenvalue weighted by atomic mass is 10.1. The first-order chi connectivity index (χ1) is 13.0. The summed E-state index contributed by atoms with van der Waals surface area (Å²) in [7, 11) is 1.64. The van der Waals surface area contributed by atoms with E-state index >= 15 is 0 Å². The van der Waals surface area contributed by atoms with E-state index in [4.69, 9.17) is 4.74 Å². The van der Waals surface area contributed by atoms with Gasteiger partial charge in [-0.2, -0.15) is 0 Å². The fraction of sp³-hybridized carbons (Fsp3) is 0.364. The standard InChI is InChI=1S/C22H28N2O3/c1-17-5-4-6-20(15-17)16-23-22(26)12-14-24(18(2)25)13-11-19-7-9-21(27-3)10-8-19/h4-10,15H,11-14,16H2,1-3H3,(H,23,26). The molecule has 5 heteroatoms. The lowest BCUT2D eigenvalue weighted by Gasteiger charge is -2.21. The molecular formula is C22H28N2O3. The Kier molecular flexibility index (Phi) is 7.86. The molecule has 0 heterocycles. The second kappa shape index (κ2) is 10.4. The number of benzene rings is 2. The Morgan fingerprint density at radius 1 is 1.04 bits per heavy atom. The Morgan fingerprint density at radius 2 is 1.78 bits per heavy atom. The predicted octanol–water partition coefficient (Wildman–Crippen LogP) is 3.10. The van der Waals surface area contributed by atoms with Crippen molar-refractivity contribution in [2.75, 3.05) is 20.2 Å². The molecule has 0 fully saturated rings. The molecule has 1 N–H and O–H groups in total. The van der Waals surface area contributed by atoms with Gasteiger partial charge in [-0.05, 0) is 36.6 Å². The van der Waals surface area contributed by atoms with Crippen molar-refractivity contribution in [3.05, 3.63) is 65.2 Å². The summed E-state index contributed by atoms with van der Waals surface area (Å²) in [4.78, 5) is 25.7. The van der Waals surface area contributed by atoms with Crippen LogP contribution in [0.1, 0.15) is 30.0 Å². The predicted molar refractivity (Wildman–Crippen MR) is 107 cm³/mol. The molecule has 0 aliphatic rings. The highest BCUT2D eigenvalue weighted by atomic mass is 16.5. The van der Waals surface area contributed by atoms with Gasteiger partial charge in [0.25, 0.3) is 0 Å². The summed E-state index contributed by atoms with van der Waals surface area (Å²) in [6, 6.07) is 15.9. The summed E-state index contributed by atoms with van der Waals surface area (Å²) in [5.74, 6) is 0.745. The third-order valence-corrected chi connectivity index (χ3v) is 4.46. The van der Waals surface area contributed by atoms with Crippen LogP contribution in [0.15, 0.2) is 48.5 Å². The third kappa shape index (κ3) is 7.13. The highest BCUT2D eigenvalue weighted by Crippen LogP contribution is 2.12. The first kappa shape index (κ1) is 20.5. The van der Waals surface area contributed by atoms with Gasteiger partial charge in [0, 0.05) is 33.0 Å². The van der Waals surface area contributed by atoms with Crippen molar-refractivity contribution in [2.24, 2.45) is 0 Å². The molecule has 2 amide bonds. The van der Waals surface area contributed by atoms with Gasteiger partial charge in [0.1, 0.15) is 5.75 Å². The molecule has 0 spiro atoms. The minimum atomic E-state index is -0.0489. The SMILES string of the molecule is COc1ccc(CCN(CCC(=O)NCc2cccc(C)c2)C(C)=O)cc1. The molecule has 0 aliphatic heterocycles. The number of rotatable bonds is 9. The second-order valence-corrected chi connectivity index (χ2v) is 6.62. The molecular weight excluding hydrogens is 340 g/mol. The quantitative estimate of drug-likeness (QED) is 0.740. The summed E-state index contributed by atoms with van der Waals surface area (Å²) < 4.78 is 5.15. The summed E-state index contributed by atoms with van der Waals surface area (Å²) in [6.45, 7) is 5.09. The zero-order valence-electron chi connectivity index (χ0n) is 16.3. The number of methoxy groups -OCH3 is 1. The van der Waals surface area contributed by atoms with E-state index in [9.17, 15) is 9.59 Å². The topological polar surface area (TPSA) is 58.6 Å². The van der Waals surface area contributed by atoms with Crippen molar-refractivity contribution in [2.45, 2.75) is 33.2 Å². The van der Waals surface area contributed by atoms with Crippen LogP contribution in [0.2, 0.25) is 0 Å². The van der Waals surface area contributed by atoms with Crippen LogP contribution in [0.4, 0.5) is 0 Å². The van der Waals surface area contributed by atoms with Crippen LogP contribution in [-0.2, 0) is 22.6 Å². The van der Waals surface area contributed by atoms with Gasteiger partial charge in [0.05, 0.1) is 7.11 Å². The zero-order valence-corrected chi connectivity index (χ0v) is 16.3. The largest absolute Gasteiger partial charge is 0.497 e. The van der Waals surface area contributed by atoms with E-state index in [1.165, 1.54) is 5.56 Å². The van der Waals surface area contributed by atoms with E-state index in [2.05, 4.69) is 11.4 Å². The lowest BCUT2D eigenvalue weighted by molar-refractivity contribution is -0.129. The van der Waals surface area contributed by atoms with E-state index in [-0.39, 0.29) is 11.8 Å². The van der Waals surface area contributed by atoms with Crippen LogP contribution >= 0.6 is 0 Å². The van der Waals surface area contributed by atoms with Crippen LogP contribution in [0.5, 0.6) is 5.75 Å². The molecule has 0 atom stereocenters. The number of hydrogen-bond acceptors (Lipinski definition) is 3. The van der Waals surface area contributed by atoms with E-state index in [1.54, 1.807) is 18.9 Å². The number of nitrogens with zero attached hydrogens (tertiary/aromatic N) is 1. The maximum absolute atomic E-state index is 12.1. The fourth-order valence-electron chi connectivity index (χ4n) is 2.83. The lowest BCUT2D eigenvalue weighted by Crippen LogP contribution is -2.35. The minimum Gasteiger partial charge on any atom is -0.497 e. The maximum atomic E-state index is 12.1. The van der Waals surface area contributed by atoms with Crippen molar-refractivity contribution in [1.29, 1.82) is 0 Å². The van der Waals surface area contributed by atoms with Gasteiger partial charge in [-0.15, -0.1) is 0 Å². The van der Waals surface area contributed by atoms with Crippen molar-refractivity contribution in [3.63, 3.8) is 0 Å². The Bertz CT molecular complexity index is 756. The Hall–Kier alpha value is -2.82. The first-order valence-electron chi connectivity index (χ1n) is 9.18. The Balaban J connectivity index is 1.77. The molecule has 2 aromatic rings. The smallest absolute Gasteiger partial charge is 0.222 e. The molecule has 0 unspecified atom stereocenters. The average molecular weight is 368 g/mol. The van der Waals surface area contributed by atoms with Crippen molar-refractivity contribution in [3.8, 4) is 5.75 Å². The number of carbonyl (C=O) groups is 2. The van der Waals surface area contributed by atoms with Crippen molar-refractivity contribution in [1.82, 2.24) is 10.2 Å². The van der Waals surface area contributed by atoms with E-state index < -0.39 is 0 Å². The number of ether oxygens (including phenoxy) is 1. The third-order valence-electron chi connectivity index (χ3n) is 4.46. The van der Waals surface area contributed by atoms with Gasteiger partial charge in [-0.25, -0.2) is 0 Å². The van der Waals surface area contributed by atoms with Crippen LogP contribution in [0.25, 0.3) is 0 Å². The molecule has 0 saturated carbocycles. The number of nitrogens with one attached hydrogen (secondary N) is 1. The summed E-state index contributed by atoms with van der Waals surface area (Å²) in [5, 5.41) is 2.92. The van der Waals surface area contributed by atoms with E-state index in [0.29, 0.717) is 26.1 Å². The van der Waals surface area contributed by atoms with Crippen LogP contribution in [-0.4, -0.2) is 36.9 Å². The molecule has 0 aromatic heterocycles. The number of carbonyl (C=O) groups excluding carboxylic acids is 2. The van der Waals surface area contributed by atoms with Gasteiger partial charge in [-0.3, -0.25) is 9.59 Å². The molecule has 0 saturated heterocycles. The van der Waals surface area contributed by atoms with Crippen LogP contribution in [0, 0.1) is 6.92 Å². The highest BCUT2D eigenvalue weighted by molar-refractivity contribution is 5.78. The van der Waals surface area contributed by atoms with E-state index in [1.807, 2.05) is 49.4 Å². The van der Waals surface area contributed by atoms with Gasteiger partial charge >= 0.3 is 0 Å². The van der Waals surface area contributed by atoms with Crippen LogP contribution in [0.3, 0.4) is 0 Å². The van der Waals surface area contributed by atoms with Gasteiger partial charge in [0.2, 0.25) is 11.8 Å². The Morgan fingerprint density at radius 3 is 2.41 bits per heavy atom. The summed E-state index contributed by atoms with van der Waals surface area (Å²) in [6.07, 6.45) is 1.04. The molecule has 2 rings (SSSR count). The number of aryl methyl sites for hydroxylation is 1. The molecule has 144 valence electrons. The normalized spacial score (nSPS) is 10.3. The Labute approximate surface area is 161 Å². The molecule has 27 heavy (non-hydrogen) atoms. The molecule has 5 nitrogen and oxygen atoms in total. The second-order valence-electron chi connectivity index (χ2n) is 6.62. The van der Waals surface area contributed by atoms with Crippen LogP contribution < -0.4 is 10.1 Å². The maximum Gasteiger partial charge on any atom is 0.222 e. The van der Waals surface area contributed by atoms with Crippen molar-refractivity contribution >= 4 is 11.8 Å². The fourth-order valence-corrected chi connectivity index (χ4v) is 2.83.